The van der Waals surface area contributed by atoms with Gasteiger partial charge in [0.25, 0.3) is 0 Å². The molecule has 2 N–H and O–H groups in total. The summed E-state index contributed by atoms with van der Waals surface area (Å²) in [6, 6.07) is 18.4. The van der Waals surface area contributed by atoms with Crippen LogP contribution in [0.3, 0.4) is 0 Å². The highest BCUT2D eigenvalue weighted by molar-refractivity contribution is 7.15. The maximum Gasteiger partial charge on any atom is 0.335 e. The number of aryl methyl sites for hydroxylation is 1. The van der Waals surface area contributed by atoms with Crippen molar-refractivity contribution >= 4 is 23.1 Å². The van der Waals surface area contributed by atoms with Crippen LogP contribution < -0.4 is 15.8 Å². The fraction of sp³-hybridized carbons (Fsp3) is 0.333. The Morgan fingerprint density at radius 3 is 2.42 bits per heavy atom. The highest BCUT2D eigenvalue weighted by Crippen LogP contribution is 2.32. The van der Waals surface area contributed by atoms with Crippen LogP contribution in [0.2, 0.25) is 0 Å². The molecule has 1 aliphatic rings. The Labute approximate surface area is 215 Å². The number of rotatable bonds is 11. The largest absolute Gasteiger partial charge is 0.488 e. The van der Waals surface area contributed by atoms with Crippen molar-refractivity contribution < 1.29 is 19.0 Å². The van der Waals surface area contributed by atoms with Gasteiger partial charge in [0.2, 0.25) is 0 Å². The number of thiophene rings is 1. The van der Waals surface area contributed by atoms with Crippen LogP contribution in [0.15, 0.2) is 59.7 Å². The number of nitrogens with one attached hydrogen (secondary N) is 2. The zero-order valence-corrected chi connectivity index (χ0v) is 21.9. The standard InChI is InChI=1S/C27H32N4O4S/c1-5-33-23(27(32)34-6-2)16-19-7-13-22(14-8-19)35-17-25-18(3)15-24(36-25)20-9-11-21(12-10-20)26-28-29-30-31(26)4/h7-15,23,29-30H,5-6,16-17H2,1-4H3/t23-/m0/s1. The lowest BCUT2D eigenvalue weighted by Gasteiger charge is -2.15. The predicted octanol–water partition coefficient (Wildman–Crippen LogP) is 4.43. The fourth-order valence-electron chi connectivity index (χ4n) is 3.86. The highest BCUT2D eigenvalue weighted by Gasteiger charge is 2.20. The first-order chi connectivity index (χ1) is 17.5. The van der Waals surface area contributed by atoms with E-state index in [9.17, 15) is 4.79 Å². The van der Waals surface area contributed by atoms with E-state index in [0.717, 1.165) is 28.3 Å². The molecule has 0 aliphatic carbocycles. The maximum absolute atomic E-state index is 12.1. The molecule has 1 aromatic heterocycles. The number of ether oxygens (including phenoxy) is 3. The monoisotopic (exact) mass is 508 g/mol. The van der Waals surface area contributed by atoms with Gasteiger partial charge in [0.05, 0.1) is 6.61 Å². The third kappa shape index (κ3) is 6.23. The van der Waals surface area contributed by atoms with Crippen molar-refractivity contribution in [1.82, 2.24) is 16.1 Å². The minimum atomic E-state index is -0.594. The van der Waals surface area contributed by atoms with E-state index in [0.29, 0.717) is 26.2 Å². The van der Waals surface area contributed by atoms with Crippen molar-refractivity contribution in [3.05, 3.63) is 76.2 Å². The Morgan fingerprint density at radius 1 is 1.06 bits per heavy atom. The van der Waals surface area contributed by atoms with Gasteiger partial charge in [-0.1, -0.05) is 36.4 Å². The van der Waals surface area contributed by atoms with Gasteiger partial charge < -0.3 is 14.2 Å². The molecule has 2 heterocycles. The van der Waals surface area contributed by atoms with Gasteiger partial charge in [-0.15, -0.1) is 22.0 Å². The second-order valence-electron chi connectivity index (χ2n) is 8.35. The van der Waals surface area contributed by atoms with Crippen LogP contribution in [0.25, 0.3) is 10.4 Å². The number of amidine groups is 1. The number of hydrogen-bond acceptors (Lipinski definition) is 9. The van der Waals surface area contributed by atoms with Crippen molar-refractivity contribution in [3.8, 4) is 16.2 Å². The molecule has 0 spiro atoms. The molecule has 8 nitrogen and oxygen atoms in total. The third-order valence-electron chi connectivity index (χ3n) is 5.78. The first kappa shape index (κ1) is 25.7. The maximum atomic E-state index is 12.1. The number of benzene rings is 2. The molecule has 0 bridgehead atoms. The van der Waals surface area contributed by atoms with E-state index in [4.69, 9.17) is 14.2 Å². The van der Waals surface area contributed by atoms with Crippen LogP contribution in [0, 0.1) is 6.92 Å². The number of carbonyl (C=O) groups is 1. The van der Waals surface area contributed by atoms with Crippen LogP contribution in [-0.2, 0) is 27.3 Å². The summed E-state index contributed by atoms with van der Waals surface area (Å²) in [5.41, 5.74) is 10.1. The molecule has 0 unspecified atom stereocenters. The molecular weight excluding hydrogens is 476 g/mol. The lowest BCUT2D eigenvalue weighted by Crippen LogP contribution is -2.37. The number of carbonyl (C=O) groups excluding carboxylic acids is 1. The minimum Gasteiger partial charge on any atom is -0.488 e. The van der Waals surface area contributed by atoms with E-state index in [-0.39, 0.29) is 5.97 Å². The van der Waals surface area contributed by atoms with Crippen molar-refractivity contribution in [3.63, 3.8) is 0 Å². The van der Waals surface area contributed by atoms with E-state index in [1.165, 1.54) is 15.3 Å². The Kier molecular flexibility index (Phi) is 8.58. The smallest absolute Gasteiger partial charge is 0.335 e. The lowest BCUT2D eigenvalue weighted by molar-refractivity contribution is -0.156. The Morgan fingerprint density at radius 2 is 1.78 bits per heavy atom. The average molecular weight is 509 g/mol. The number of hydrogen-bond donors (Lipinski definition) is 2. The van der Waals surface area contributed by atoms with E-state index in [1.807, 2.05) is 43.2 Å². The molecule has 36 heavy (non-hydrogen) atoms. The van der Waals surface area contributed by atoms with Crippen LogP contribution in [0.1, 0.15) is 35.4 Å². The van der Waals surface area contributed by atoms with Crippen molar-refractivity contribution in [1.29, 1.82) is 0 Å². The Hall–Kier alpha value is -3.40. The van der Waals surface area contributed by atoms with E-state index < -0.39 is 6.10 Å². The van der Waals surface area contributed by atoms with E-state index in [2.05, 4.69) is 53.4 Å². The summed E-state index contributed by atoms with van der Waals surface area (Å²) in [5.74, 6) is 1.30. The van der Waals surface area contributed by atoms with Crippen LogP contribution >= 0.6 is 11.3 Å². The molecule has 1 atom stereocenters. The SMILES string of the molecule is CCOC(=O)[C@H](Cc1ccc(OCc2sc(-c3ccc(C4=NNNN4C)cc3)cc2C)cc1)OCC. The minimum absolute atomic E-state index is 0.327. The quantitative estimate of drug-likeness (QED) is 0.371. The van der Waals surface area contributed by atoms with Crippen molar-refractivity contribution in [2.75, 3.05) is 20.3 Å². The number of nitrogens with zero attached hydrogens (tertiary/aromatic N) is 2. The second-order valence-corrected chi connectivity index (χ2v) is 9.48. The van der Waals surface area contributed by atoms with Crippen LogP contribution in [0.4, 0.5) is 0 Å². The summed E-state index contributed by atoms with van der Waals surface area (Å²) in [4.78, 5) is 14.5. The van der Waals surface area contributed by atoms with Gasteiger partial charge in [-0.3, -0.25) is 5.01 Å². The van der Waals surface area contributed by atoms with Gasteiger partial charge in [-0.25, -0.2) is 10.3 Å². The Bertz CT molecular complexity index is 1190. The molecule has 3 aromatic rings. The summed E-state index contributed by atoms with van der Waals surface area (Å²) in [7, 11) is 1.91. The molecule has 2 aromatic carbocycles. The fourth-order valence-corrected chi connectivity index (χ4v) is 4.95. The van der Waals surface area contributed by atoms with Gasteiger partial charge in [0.1, 0.15) is 12.4 Å². The normalized spacial score (nSPS) is 13.8. The van der Waals surface area contributed by atoms with Gasteiger partial charge in [0.15, 0.2) is 11.9 Å². The van der Waals surface area contributed by atoms with Crippen LogP contribution in [0.5, 0.6) is 5.75 Å². The molecular formula is C27H32N4O4S. The summed E-state index contributed by atoms with van der Waals surface area (Å²) in [5, 5.41) is 6.08. The summed E-state index contributed by atoms with van der Waals surface area (Å²) in [6.45, 7) is 7.07. The van der Waals surface area contributed by atoms with Crippen molar-refractivity contribution in [2.45, 2.75) is 39.9 Å². The molecule has 0 fully saturated rings. The van der Waals surface area contributed by atoms with Gasteiger partial charge >= 0.3 is 5.97 Å². The molecule has 0 saturated carbocycles. The zero-order valence-electron chi connectivity index (χ0n) is 21.0. The van der Waals surface area contributed by atoms with E-state index >= 15 is 0 Å². The molecule has 0 radical (unpaired) electrons. The summed E-state index contributed by atoms with van der Waals surface area (Å²) < 4.78 is 16.8. The van der Waals surface area contributed by atoms with Crippen molar-refractivity contribution in [2.24, 2.45) is 5.10 Å². The first-order valence-corrected chi connectivity index (χ1v) is 12.8. The molecule has 1 aliphatic heterocycles. The highest BCUT2D eigenvalue weighted by atomic mass is 32.1. The van der Waals surface area contributed by atoms with Crippen LogP contribution in [-0.4, -0.2) is 43.2 Å². The molecule has 9 heteroatoms. The zero-order chi connectivity index (χ0) is 25.5. The van der Waals surface area contributed by atoms with E-state index in [1.54, 1.807) is 18.3 Å². The van der Waals surface area contributed by atoms with Gasteiger partial charge in [-0.2, -0.15) is 0 Å². The summed E-state index contributed by atoms with van der Waals surface area (Å²) >= 11 is 1.74. The second kappa shape index (κ2) is 12.0. The molecule has 0 saturated heterocycles. The molecule has 190 valence electrons. The number of hydrazine groups is 2. The number of hydrazone groups is 1. The first-order valence-electron chi connectivity index (χ1n) is 12.0. The predicted molar refractivity (Wildman–Crippen MR) is 142 cm³/mol. The molecule has 0 amide bonds. The van der Waals surface area contributed by atoms with Gasteiger partial charge in [0, 0.05) is 35.4 Å². The molecule has 4 rings (SSSR count). The third-order valence-corrected chi connectivity index (χ3v) is 7.04. The lowest BCUT2D eigenvalue weighted by atomic mass is 10.1. The topological polar surface area (TPSA) is 84.4 Å². The number of esters is 1. The average Bonchev–Trinajstić information content (AvgIpc) is 3.48. The van der Waals surface area contributed by atoms with Gasteiger partial charge in [-0.05, 0) is 55.7 Å². The summed E-state index contributed by atoms with van der Waals surface area (Å²) in [6.07, 6.45) is -0.126. The Balaban J connectivity index is 1.36.